The number of nitrogens with one attached hydrogen (secondary N) is 2. The predicted octanol–water partition coefficient (Wildman–Crippen LogP) is 1.42. The van der Waals surface area contributed by atoms with E-state index in [9.17, 15) is 8.42 Å². The van der Waals surface area contributed by atoms with Gasteiger partial charge in [-0.3, -0.25) is 4.68 Å². The van der Waals surface area contributed by atoms with Gasteiger partial charge in [0.05, 0.1) is 11.9 Å². The summed E-state index contributed by atoms with van der Waals surface area (Å²) in [4.78, 5) is 0.241. The SMILES string of the molecule is CCn1cc(CNc2ccccc2S(=O)(=O)NC)cn1. The Morgan fingerprint density at radius 3 is 2.70 bits per heavy atom. The van der Waals surface area contributed by atoms with E-state index < -0.39 is 10.0 Å². The Morgan fingerprint density at radius 1 is 1.30 bits per heavy atom. The van der Waals surface area contributed by atoms with Crippen LogP contribution in [0.3, 0.4) is 0 Å². The number of para-hydroxylation sites is 1. The Labute approximate surface area is 118 Å². The second kappa shape index (κ2) is 6.06. The van der Waals surface area contributed by atoms with Crippen molar-refractivity contribution in [1.82, 2.24) is 14.5 Å². The molecule has 7 heteroatoms. The molecule has 0 saturated carbocycles. The number of hydrogen-bond donors (Lipinski definition) is 2. The molecule has 20 heavy (non-hydrogen) atoms. The second-order valence-electron chi connectivity index (χ2n) is 4.26. The Balaban J connectivity index is 2.18. The third-order valence-corrected chi connectivity index (χ3v) is 4.41. The number of nitrogens with zero attached hydrogens (tertiary/aromatic N) is 2. The highest BCUT2D eigenvalue weighted by atomic mass is 32.2. The number of sulfonamides is 1. The van der Waals surface area contributed by atoms with Gasteiger partial charge in [-0.15, -0.1) is 0 Å². The zero-order chi connectivity index (χ0) is 14.6. The van der Waals surface area contributed by atoms with E-state index in [0.29, 0.717) is 12.2 Å². The maximum atomic E-state index is 11.9. The zero-order valence-corrected chi connectivity index (χ0v) is 12.3. The minimum Gasteiger partial charge on any atom is -0.380 e. The van der Waals surface area contributed by atoms with E-state index in [1.807, 2.05) is 17.8 Å². The van der Waals surface area contributed by atoms with Gasteiger partial charge >= 0.3 is 0 Å². The Hall–Kier alpha value is -1.86. The molecule has 2 aromatic rings. The first-order chi connectivity index (χ1) is 9.56. The molecular formula is C13H18N4O2S. The lowest BCUT2D eigenvalue weighted by Gasteiger charge is -2.11. The van der Waals surface area contributed by atoms with Gasteiger partial charge < -0.3 is 5.32 Å². The highest BCUT2D eigenvalue weighted by Crippen LogP contribution is 2.20. The lowest BCUT2D eigenvalue weighted by Crippen LogP contribution is -2.20. The summed E-state index contributed by atoms with van der Waals surface area (Å²) < 4.78 is 28.0. The molecule has 0 atom stereocenters. The van der Waals surface area contributed by atoms with Crippen LogP contribution in [0.4, 0.5) is 5.69 Å². The molecule has 0 aliphatic rings. The molecule has 2 N–H and O–H groups in total. The minimum atomic E-state index is -3.47. The fourth-order valence-electron chi connectivity index (χ4n) is 1.82. The summed E-state index contributed by atoms with van der Waals surface area (Å²) in [5.74, 6) is 0. The highest BCUT2D eigenvalue weighted by Gasteiger charge is 2.15. The van der Waals surface area contributed by atoms with E-state index in [1.165, 1.54) is 7.05 Å². The van der Waals surface area contributed by atoms with E-state index in [0.717, 1.165) is 12.1 Å². The van der Waals surface area contributed by atoms with Crippen LogP contribution in [0.15, 0.2) is 41.6 Å². The van der Waals surface area contributed by atoms with Crippen LogP contribution in [0.5, 0.6) is 0 Å². The first-order valence-electron chi connectivity index (χ1n) is 6.34. The van der Waals surface area contributed by atoms with Crippen molar-refractivity contribution >= 4 is 15.7 Å². The molecule has 2 rings (SSSR count). The smallest absolute Gasteiger partial charge is 0.242 e. The summed E-state index contributed by atoms with van der Waals surface area (Å²) in [5, 5.41) is 7.32. The molecule has 0 fully saturated rings. The minimum absolute atomic E-state index is 0.241. The number of anilines is 1. The number of benzene rings is 1. The Kier molecular flexibility index (Phi) is 4.41. The van der Waals surface area contributed by atoms with Crippen molar-refractivity contribution in [2.75, 3.05) is 12.4 Å². The van der Waals surface area contributed by atoms with E-state index in [-0.39, 0.29) is 4.90 Å². The van der Waals surface area contributed by atoms with Crippen LogP contribution in [0.2, 0.25) is 0 Å². The fraction of sp³-hybridized carbons (Fsp3) is 0.308. The first-order valence-corrected chi connectivity index (χ1v) is 7.83. The molecule has 6 nitrogen and oxygen atoms in total. The van der Waals surface area contributed by atoms with Crippen molar-refractivity contribution in [3.63, 3.8) is 0 Å². The van der Waals surface area contributed by atoms with Crippen molar-refractivity contribution in [2.24, 2.45) is 0 Å². The summed E-state index contributed by atoms with van der Waals surface area (Å²) in [6.45, 7) is 3.35. The summed E-state index contributed by atoms with van der Waals surface area (Å²) in [6, 6.07) is 6.81. The highest BCUT2D eigenvalue weighted by molar-refractivity contribution is 7.89. The number of rotatable bonds is 6. The van der Waals surface area contributed by atoms with Crippen LogP contribution in [0, 0.1) is 0 Å². The molecule has 0 saturated heterocycles. The van der Waals surface area contributed by atoms with E-state index >= 15 is 0 Å². The maximum Gasteiger partial charge on any atom is 0.242 e. The van der Waals surface area contributed by atoms with E-state index in [2.05, 4.69) is 15.1 Å². The van der Waals surface area contributed by atoms with Gasteiger partial charge in [0.2, 0.25) is 10.0 Å². The Bertz CT molecular complexity index is 679. The summed E-state index contributed by atoms with van der Waals surface area (Å²) >= 11 is 0. The average molecular weight is 294 g/mol. The fourth-order valence-corrected chi connectivity index (χ4v) is 2.73. The molecule has 1 heterocycles. The molecular weight excluding hydrogens is 276 g/mol. The van der Waals surface area contributed by atoms with E-state index in [1.54, 1.807) is 30.5 Å². The van der Waals surface area contributed by atoms with Gasteiger partial charge in [0.15, 0.2) is 0 Å². The molecule has 0 aliphatic heterocycles. The molecule has 0 aliphatic carbocycles. The quantitative estimate of drug-likeness (QED) is 0.845. The standard InChI is InChI=1S/C13H18N4O2S/c1-3-17-10-11(9-16-17)8-15-12-6-4-5-7-13(12)20(18,19)14-2/h4-7,9-10,14-15H,3,8H2,1-2H3. The van der Waals surface area contributed by atoms with Gasteiger partial charge in [-0.05, 0) is 26.1 Å². The molecule has 108 valence electrons. The maximum absolute atomic E-state index is 11.9. The Morgan fingerprint density at radius 2 is 2.05 bits per heavy atom. The monoisotopic (exact) mass is 294 g/mol. The lowest BCUT2D eigenvalue weighted by molar-refractivity contribution is 0.588. The van der Waals surface area contributed by atoms with Crippen molar-refractivity contribution in [1.29, 1.82) is 0 Å². The second-order valence-corrected chi connectivity index (χ2v) is 6.12. The molecule has 1 aromatic carbocycles. The molecule has 0 spiro atoms. The van der Waals surface area contributed by atoms with Gasteiger partial charge in [0.25, 0.3) is 0 Å². The van der Waals surface area contributed by atoms with Crippen LogP contribution < -0.4 is 10.0 Å². The average Bonchev–Trinajstić information content (AvgIpc) is 2.93. The van der Waals surface area contributed by atoms with Gasteiger partial charge in [0.1, 0.15) is 4.90 Å². The number of aromatic nitrogens is 2. The lowest BCUT2D eigenvalue weighted by atomic mass is 10.3. The molecule has 0 unspecified atom stereocenters. The number of hydrogen-bond acceptors (Lipinski definition) is 4. The summed E-state index contributed by atoms with van der Waals surface area (Å²) in [5.41, 5.74) is 1.58. The van der Waals surface area contributed by atoms with Crippen molar-refractivity contribution in [3.8, 4) is 0 Å². The van der Waals surface area contributed by atoms with Crippen LogP contribution >= 0.6 is 0 Å². The van der Waals surface area contributed by atoms with Gasteiger partial charge in [-0.2, -0.15) is 5.10 Å². The molecule has 0 radical (unpaired) electrons. The van der Waals surface area contributed by atoms with Gasteiger partial charge in [-0.25, -0.2) is 13.1 Å². The summed E-state index contributed by atoms with van der Waals surface area (Å²) in [7, 11) is -2.07. The summed E-state index contributed by atoms with van der Waals surface area (Å²) in [6.07, 6.45) is 3.70. The molecule has 0 amide bonds. The normalized spacial score (nSPS) is 11.5. The van der Waals surface area contributed by atoms with Crippen LogP contribution in [0.25, 0.3) is 0 Å². The topological polar surface area (TPSA) is 76.0 Å². The van der Waals surface area contributed by atoms with Crippen LogP contribution in [0.1, 0.15) is 12.5 Å². The van der Waals surface area contributed by atoms with Crippen LogP contribution in [-0.4, -0.2) is 25.2 Å². The van der Waals surface area contributed by atoms with Crippen molar-refractivity contribution in [2.45, 2.75) is 24.9 Å². The first kappa shape index (κ1) is 14.5. The van der Waals surface area contributed by atoms with Gasteiger partial charge in [0, 0.05) is 24.8 Å². The molecule has 0 bridgehead atoms. The predicted molar refractivity (Wildman–Crippen MR) is 77.9 cm³/mol. The van der Waals surface area contributed by atoms with Crippen molar-refractivity contribution in [3.05, 3.63) is 42.2 Å². The zero-order valence-electron chi connectivity index (χ0n) is 11.5. The number of aryl methyl sites for hydroxylation is 1. The van der Waals surface area contributed by atoms with Gasteiger partial charge in [-0.1, -0.05) is 12.1 Å². The third kappa shape index (κ3) is 3.17. The van der Waals surface area contributed by atoms with Crippen LogP contribution in [-0.2, 0) is 23.1 Å². The van der Waals surface area contributed by atoms with E-state index in [4.69, 9.17) is 0 Å². The molecule has 1 aromatic heterocycles. The van der Waals surface area contributed by atoms with Crippen molar-refractivity contribution < 1.29 is 8.42 Å². The largest absolute Gasteiger partial charge is 0.380 e. The third-order valence-electron chi connectivity index (χ3n) is 2.94.